The number of imidazole rings is 1. The van der Waals surface area contributed by atoms with Crippen LogP contribution in [0.5, 0.6) is 0 Å². The summed E-state index contributed by atoms with van der Waals surface area (Å²) < 4.78 is 3.04. The molecule has 0 aliphatic rings. The number of rotatable bonds is 7. The molecule has 6 heteroatoms. The second-order valence-corrected chi connectivity index (χ2v) is 6.04. The molecule has 2 aromatic heterocycles. The van der Waals surface area contributed by atoms with Gasteiger partial charge in [0, 0.05) is 49.3 Å². The van der Waals surface area contributed by atoms with Gasteiger partial charge in [-0.15, -0.1) is 0 Å². The molecule has 0 unspecified atom stereocenters. The summed E-state index contributed by atoms with van der Waals surface area (Å²) in [6.07, 6.45) is 6.75. The molecule has 5 nitrogen and oxygen atoms in total. The van der Waals surface area contributed by atoms with Gasteiger partial charge in [-0.2, -0.15) is 0 Å². The van der Waals surface area contributed by atoms with Crippen LogP contribution in [0.15, 0.2) is 29.1 Å². The van der Waals surface area contributed by atoms with Crippen LogP contribution in [0.2, 0.25) is 0 Å². The Hall–Kier alpha value is -1.40. The summed E-state index contributed by atoms with van der Waals surface area (Å²) in [7, 11) is 4.06. The summed E-state index contributed by atoms with van der Waals surface area (Å²) in [6, 6.07) is 2.12. The lowest BCUT2D eigenvalue weighted by Crippen LogP contribution is -2.23. The Kier molecular flexibility index (Phi) is 5.76. The smallest absolute Gasteiger partial charge is 0.133 e. The van der Waals surface area contributed by atoms with Gasteiger partial charge in [-0.05, 0) is 35.0 Å². The standard InChI is InChI=1S/C15H22BrN5/c1-4-5-17-9-12-8-13(16)10-19-15(12)21(3)11-14-18-6-7-20(14)2/h6-8,10,17H,4-5,9,11H2,1-3H3. The number of pyridine rings is 1. The van der Waals surface area contributed by atoms with Crippen molar-refractivity contribution in [1.29, 1.82) is 0 Å². The second kappa shape index (κ2) is 7.56. The zero-order valence-electron chi connectivity index (χ0n) is 12.8. The highest BCUT2D eigenvalue weighted by Crippen LogP contribution is 2.22. The highest BCUT2D eigenvalue weighted by Gasteiger charge is 2.12. The molecule has 0 fully saturated rings. The quantitative estimate of drug-likeness (QED) is 0.779. The number of nitrogens with zero attached hydrogens (tertiary/aromatic N) is 4. The van der Waals surface area contributed by atoms with Gasteiger partial charge in [-0.3, -0.25) is 0 Å². The van der Waals surface area contributed by atoms with Crippen molar-refractivity contribution in [2.45, 2.75) is 26.4 Å². The Balaban J connectivity index is 2.15. The Morgan fingerprint density at radius 3 is 2.86 bits per heavy atom. The fourth-order valence-corrected chi connectivity index (χ4v) is 2.56. The molecule has 0 aliphatic carbocycles. The van der Waals surface area contributed by atoms with Gasteiger partial charge in [0.2, 0.25) is 0 Å². The van der Waals surface area contributed by atoms with E-state index in [9.17, 15) is 0 Å². The van der Waals surface area contributed by atoms with E-state index in [2.05, 4.69) is 49.1 Å². The number of nitrogens with one attached hydrogen (secondary N) is 1. The fraction of sp³-hybridized carbons (Fsp3) is 0.467. The van der Waals surface area contributed by atoms with E-state index in [1.165, 1.54) is 5.56 Å². The minimum absolute atomic E-state index is 0.735. The van der Waals surface area contributed by atoms with Crippen molar-refractivity contribution >= 4 is 21.7 Å². The van der Waals surface area contributed by atoms with Crippen molar-refractivity contribution in [3.63, 3.8) is 0 Å². The summed E-state index contributed by atoms with van der Waals surface area (Å²) in [5, 5.41) is 3.44. The molecule has 0 bridgehead atoms. The highest BCUT2D eigenvalue weighted by atomic mass is 79.9. The molecule has 114 valence electrons. The van der Waals surface area contributed by atoms with E-state index < -0.39 is 0 Å². The average molecular weight is 352 g/mol. The first-order valence-corrected chi connectivity index (χ1v) is 7.93. The van der Waals surface area contributed by atoms with E-state index in [1.807, 2.05) is 37.3 Å². The van der Waals surface area contributed by atoms with Gasteiger partial charge in [-0.1, -0.05) is 6.92 Å². The third-order valence-corrected chi connectivity index (χ3v) is 3.75. The largest absolute Gasteiger partial charge is 0.352 e. The monoisotopic (exact) mass is 351 g/mol. The van der Waals surface area contributed by atoms with Gasteiger partial charge in [0.25, 0.3) is 0 Å². The summed E-state index contributed by atoms with van der Waals surface area (Å²) in [5.74, 6) is 2.01. The number of aromatic nitrogens is 3. The molecule has 1 N–H and O–H groups in total. The summed E-state index contributed by atoms with van der Waals surface area (Å²) in [6.45, 7) is 4.73. The van der Waals surface area contributed by atoms with Crippen LogP contribution in [0.25, 0.3) is 0 Å². The average Bonchev–Trinajstić information content (AvgIpc) is 2.84. The zero-order chi connectivity index (χ0) is 15.2. The van der Waals surface area contributed by atoms with Gasteiger partial charge in [0.15, 0.2) is 0 Å². The highest BCUT2D eigenvalue weighted by molar-refractivity contribution is 9.10. The van der Waals surface area contributed by atoms with E-state index in [0.717, 1.165) is 42.2 Å². The van der Waals surface area contributed by atoms with Gasteiger partial charge in [0.1, 0.15) is 11.6 Å². The van der Waals surface area contributed by atoms with Gasteiger partial charge >= 0.3 is 0 Å². The molecule has 0 aromatic carbocycles. The maximum absolute atomic E-state index is 4.57. The third kappa shape index (κ3) is 4.28. The first-order chi connectivity index (χ1) is 10.1. The maximum Gasteiger partial charge on any atom is 0.133 e. The van der Waals surface area contributed by atoms with Gasteiger partial charge in [0.05, 0.1) is 6.54 Å². The molecule has 0 saturated carbocycles. The molecular formula is C15H22BrN5. The lowest BCUT2D eigenvalue weighted by molar-refractivity contribution is 0.669. The van der Waals surface area contributed by atoms with Crippen molar-refractivity contribution in [1.82, 2.24) is 19.9 Å². The Bertz CT molecular complexity index is 581. The lowest BCUT2D eigenvalue weighted by Gasteiger charge is -2.21. The molecule has 0 spiro atoms. The first-order valence-electron chi connectivity index (χ1n) is 7.14. The van der Waals surface area contributed by atoms with Crippen LogP contribution in [0, 0.1) is 0 Å². The summed E-state index contributed by atoms with van der Waals surface area (Å²) >= 11 is 3.50. The molecule has 0 atom stereocenters. The van der Waals surface area contributed by atoms with E-state index in [-0.39, 0.29) is 0 Å². The van der Waals surface area contributed by atoms with E-state index >= 15 is 0 Å². The van der Waals surface area contributed by atoms with Crippen LogP contribution in [0.3, 0.4) is 0 Å². The SMILES string of the molecule is CCCNCc1cc(Br)cnc1N(C)Cc1nccn1C. The third-order valence-electron chi connectivity index (χ3n) is 3.31. The van der Waals surface area contributed by atoms with Gasteiger partial charge in [-0.25, -0.2) is 9.97 Å². The molecule has 0 radical (unpaired) electrons. The van der Waals surface area contributed by atoms with Crippen molar-refractivity contribution in [3.8, 4) is 0 Å². The van der Waals surface area contributed by atoms with E-state index in [0.29, 0.717) is 0 Å². The number of anilines is 1. The fourth-order valence-electron chi connectivity index (χ4n) is 2.18. The summed E-state index contributed by atoms with van der Waals surface area (Å²) in [5.41, 5.74) is 1.19. The molecule has 0 aliphatic heterocycles. The maximum atomic E-state index is 4.57. The molecule has 2 aromatic rings. The van der Waals surface area contributed by atoms with Crippen molar-refractivity contribution in [2.24, 2.45) is 7.05 Å². The normalized spacial score (nSPS) is 10.9. The topological polar surface area (TPSA) is 46.0 Å². The van der Waals surface area contributed by atoms with Crippen LogP contribution >= 0.6 is 15.9 Å². The Morgan fingerprint density at radius 1 is 1.38 bits per heavy atom. The second-order valence-electron chi connectivity index (χ2n) is 5.12. The predicted molar refractivity (Wildman–Crippen MR) is 89.2 cm³/mol. The zero-order valence-corrected chi connectivity index (χ0v) is 14.4. The molecule has 21 heavy (non-hydrogen) atoms. The summed E-state index contributed by atoms with van der Waals surface area (Å²) in [4.78, 5) is 11.1. The molecule has 0 amide bonds. The lowest BCUT2D eigenvalue weighted by atomic mass is 10.2. The predicted octanol–water partition coefficient (Wildman–Crippen LogP) is 2.71. The van der Waals surface area contributed by atoms with E-state index in [1.54, 1.807) is 0 Å². The molecule has 0 saturated heterocycles. The number of halogens is 1. The van der Waals surface area contributed by atoms with Gasteiger partial charge < -0.3 is 14.8 Å². The van der Waals surface area contributed by atoms with Crippen LogP contribution < -0.4 is 10.2 Å². The van der Waals surface area contributed by atoms with Crippen molar-refractivity contribution in [2.75, 3.05) is 18.5 Å². The Morgan fingerprint density at radius 2 is 2.19 bits per heavy atom. The number of hydrogen-bond acceptors (Lipinski definition) is 4. The van der Waals surface area contributed by atoms with E-state index in [4.69, 9.17) is 0 Å². The van der Waals surface area contributed by atoms with Crippen molar-refractivity contribution in [3.05, 3.63) is 40.5 Å². The van der Waals surface area contributed by atoms with Crippen LogP contribution in [0.1, 0.15) is 24.7 Å². The molecule has 2 heterocycles. The minimum Gasteiger partial charge on any atom is -0.352 e. The Labute approximate surface area is 134 Å². The van der Waals surface area contributed by atoms with Crippen LogP contribution in [0.4, 0.5) is 5.82 Å². The molecule has 2 rings (SSSR count). The van der Waals surface area contributed by atoms with Crippen molar-refractivity contribution < 1.29 is 0 Å². The van der Waals surface area contributed by atoms with Crippen LogP contribution in [-0.2, 0) is 20.1 Å². The van der Waals surface area contributed by atoms with Crippen LogP contribution in [-0.4, -0.2) is 28.1 Å². The molecular weight excluding hydrogens is 330 g/mol. The number of aryl methyl sites for hydroxylation is 1. The number of hydrogen-bond donors (Lipinski definition) is 1. The minimum atomic E-state index is 0.735. The first kappa shape index (κ1) is 16.0.